The van der Waals surface area contributed by atoms with Gasteiger partial charge in [-0.2, -0.15) is 0 Å². The van der Waals surface area contributed by atoms with Crippen molar-refractivity contribution in [3.8, 4) is 17.6 Å². The normalized spacial score (nSPS) is 11.6. The van der Waals surface area contributed by atoms with Crippen LogP contribution < -0.4 is 4.74 Å². The van der Waals surface area contributed by atoms with Crippen molar-refractivity contribution >= 4 is 11.8 Å². The highest BCUT2D eigenvalue weighted by Gasteiger charge is 2.30. The smallest absolute Gasteiger partial charge is 0.406 e. The quantitative estimate of drug-likeness (QED) is 0.436. The van der Waals surface area contributed by atoms with E-state index in [0.29, 0.717) is 12.0 Å². The van der Waals surface area contributed by atoms with Crippen molar-refractivity contribution in [2.75, 3.05) is 5.75 Å². The fraction of sp³-hybridized carbons (Fsp3) is 0.333. The first kappa shape index (κ1) is 20.3. The lowest BCUT2D eigenvalue weighted by atomic mass is 9.92. The van der Waals surface area contributed by atoms with Crippen LogP contribution in [0.3, 0.4) is 0 Å². The number of benzene rings is 2. The first-order valence-corrected chi connectivity index (χ1v) is 9.16. The molecule has 0 aliphatic heterocycles. The molecular formula is C21H21F3OS. The molecule has 26 heavy (non-hydrogen) atoms. The molecule has 0 saturated heterocycles. The third-order valence-electron chi connectivity index (χ3n) is 3.51. The summed E-state index contributed by atoms with van der Waals surface area (Å²) < 4.78 is 40.3. The van der Waals surface area contributed by atoms with Crippen molar-refractivity contribution in [3.05, 3.63) is 59.7 Å². The van der Waals surface area contributed by atoms with E-state index in [1.54, 1.807) is 11.8 Å². The van der Waals surface area contributed by atoms with Crippen LogP contribution in [-0.4, -0.2) is 12.1 Å². The zero-order valence-corrected chi connectivity index (χ0v) is 15.8. The van der Waals surface area contributed by atoms with Crippen LogP contribution in [0, 0.1) is 24.2 Å². The Morgan fingerprint density at radius 1 is 1.04 bits per heavy atom. The summed E-state index contributed by atoms with van der Waals surface area (Å²) in [5, 5.41) is 0. The Bertz CT molecular complexity index is 783. The lowest BCUT2D eigenvalue weighted by Gasteiger charge is -2.21. The largest absolute Gasteiger partial charge is 0.573 e. The van der Waals surface area contributed by atoms with Crippen LogP contribution in [0.25, 0.3) is 0 Å². The van der Waals surface area contributed by atoms with E-state index < -0.39 is 6.36 Å². The molecule has 0 fully saturated rings. The van der Waals surface area contributed by atoms with Crippen molar-refractivity contribution in [1.82, 2.24) is 0 Å². The molecule has 0 bridgehead atoms. The second kappa shape index (κ2) is 8.55. The Kier molecular flexibility index (Phi) is 6.66. The summed E-state index contributed by atoms with van der Waals surface area (Å²) in [4.78, 5) is 1.24. The first-order chi connectivity index (χ1) is 12.1. The van der Waals surface area contributed by atoms with Gasteiger partial charge in [0.15, 0.2) is 0 Å². The summed E-state index contributed by atoms with van der Waals surface area (Å²) in [7, 11) is 0. The monoisotopic (exact) mass is 378 g/mol. The third kappa shape index (κ3) is 7.45. The van der Waals surface area contributed by atoms with Gasteiger partial charge in [-0.1, -0.05) is 43.4 Å². The Hall–Kier alpha value is -2.06. The van der Waals surface area contributed by atoms with E-state index in [-0.39, 0.29) is 11.2 Å². The number of alkyl halides is 3. The van der Waals surface area contributed by atoms with Crippen molar-refractivity contribution in [1.29, 1.82) is 0 Å². The van der Waals surface area contributed by atoms with E-state index in [9.17, 15) is 13.2 Å². The molecule has 0 aliphatic rings. The fourth-order valence-corrected chi connectivity index (χ4v) is 3.26. The van der Waals surface area contributed by atoms with Crippen molar-refractivity contribution in [2.45, 2.75) is 38.4 Å². The maximum Gasteiger partial charge on any atom is 0.573 e. The topological polar surface area (TPSA) is 9.23 Å². The fourth-order valence-electron chi connectivity index (χ4n) is 2.16. The molecule has 2 aromatic rings. The van der Waals surface area contributed by atoms with Gasteiger partial charge in [0.25, 0.3) is 0 Å². The number of rotatable bonds is 5. The molecule has 0 spiro atoms. The third-order valence-corrected chi connectivity index (χ3v) is 5.02. The zero-order chi connectivity index (χ0) is 19.2. The van der Waals surface area contributed by atoms with Crippen LogP contribution in [0.5, 0.6) is 5.75 Å². The molecule has 0 aromatic heterocycles. The number of hydrogen-bond acceptors (Lipinski definition) is 2. The van der Waals surface area contributed by atoms with Gasteiger partial charge in [0.2, 0.25) is 0 Å². The van der Waals surface area contributed by atoms with E-state index in [4.69, 9.17) is 0 Å². The zero-order valence-electron chi connectivity index (χ0n) is 15.0. The molecule has 1 nitrogen and oxygen atoms in total. The van der Waals surface area contributed by atoms with Crippen LogP contribution in [0.2, 0.25) is 0 Å². The second-order valence-electron chi connectivity index (χ2n) is 6.82. The lowest BCUT2D eigenvalue weighted by Crippen LogP contribution is -2.16. The lowest BCUT2D eigenvalue weighted by molar-refractivity contribution is -0.274. The Morgan fingerprint density at radius 3 is 2.35 bits per heavy atom. The maximum atomic E-state index is 12.1. The average molecular weight is 378 g/mol. The molecule has 2 aromatic carbocycles. The highest BCUT2D eigenvalue weighted by Crippen LogP contribution is 2.30. The Labute approximate surface area is 157 Å². The van der Waals surface area contributed by atoms with E-state index in [0.717, 1.165) is 5.75 Å². The van der Waals surface area contributed by atoms with Crippen LogP contribution in [0.1, 0.15) is 31.4 Å². The molecule has 0 radical (unpaired) electrons. The molecular weight excluding hydrogens is 357 g/mol. The minimum atomic E-state index is -4.67. The van der Waals surface area contributed by atoms with Gasteiger partial charge in [0.1, 0.15) is 5.75 Å². The van der Waals surface area contributed by atoms with Gasteiger partial charge < -0.3 is 4.74 Å². The molecule has 0 atom stereocenters. The van der Waals surface area contributed by atoms with Crippen molar-refractivity contribution < 1.29 is 17.9 Å². The summed E-state index contributed by atoms with van der Waals surface area (Å²) in [6, 6.07) is 14.0. The van der Waals surface area contributed by atoms with Gasteiger partial charge in [-0.3, -0.25) is 0 Å². The van der Waals surface area contributed by atoms with Crippen LogP contribution in [-0.2, 0) is 0 Å². The molecule has 0 saturated carbocycles. The van der Waals surface area contributed by atoms with E-state index in [1.807, 2.05) is 0 Å². The Balaban J connectivity index is 1.89. The summed E-state index contributed by atoms with van der Waals surface area (Å²) in [6.07, 6.45) is -3.97. The van der Waals surface area contributed by atoms with Gasteiger partial charge in [-0.15, -0.1) is 24.9 Å². The molecule has 0 aliphatic carbocycles. The number of aryl methyl sites for hydroxylation is 1. The molecule has 0 unspecified atom stereocenters. The predicted molar refractivity (Wildman–Crippen MR) is 100 cm³/mol. The molecule has 0 N–H and O–H groups in total. The Morgan fingerprint density at radius 2 is 1.73 bits per heavy atom. The molecule has 138 valence electrons. The summed E-state index contributed by atoms with van der Waals surface area (Å²) >= 11 is 1.80. The van der Waals surface area contributed by atoms with Gasteiger partial charge in [-0.05, 0) is 48.7 Å². The highest BCUT2D eigenvalue weighted by molar-refractivity contribution is 7.99. The number of ether oxygens (including phenoxy) is 1. The summed E-state index contributed by atoms with van der Waals surface area (Å²) in [6.45, 7) is 6.39. The predicted octanol–water partition coefficient (Wildman–Crippen LogP) is 6.45. The van der Waals surface area contributed by atoms with E-state index in [1.165, 1.54) is 34.7 Å². The van der Waals surface area contributed by atoms with Gasteiger partial charge >= 0.3 is 6.36 Å². The number of halogens is 3. The molecule has 0 heterocycles. The summed E-state index contributed by atoms with van der Waals surface area (Å²) in [5.74, 6) is 6.83. The average Bonchev–Trinajstić information content (AvgIpc) is 2.53. The van der Waals surface area contributed by atoms with Crippen LogP contribution in [0.15, 0.2) is 53.4 Å². The standard InChI is InChI=1S/C21H21F3OS/c1-16-6-4-8-19(14-16)26-15-20(2,3)13-5-7-17-9-11-18(12-10-17)25-21(22,23)24/h4,6,8-12,14H,13,15H2,1-3H3. The molecule has 0 amide bonds. The minimum Gasteiger partial charge on any atom is -0.406 e. The molecule has 5 heteroatoms. The van der Waals surface area contributed by atoms with Gasteiger partial charge in [-0.25, -0.2) is 0 Å². The van der Waals surface area contributed by atoms with Gasteiger partial charge in [0, 0.05) is 22.6 Å². The van der Waals surface area contributed by atoms with Crippen LogP contribution in [0.4, 0.5) is 13.2 Å². The highest BCUT2D eigenvalue weighted by atomic mass is 32.2. The first-order valence-electron chi connectivity index (χ1n) is 8.17. The summed E-state index contributed by atoms with van der Waals surface area (Å²) in [5.41, 5.74) is 1.94. The van der Waals surface area contributed by atoms with Crippen molar-refractivity contribution in [2.24, 2.45) is 5.41 Å². The van der Waals surface area contributed by atoms with Crippen molar-refractivity contribution in [3.63, 3.8) is 0 Å². The maximum absolute atomic E-state index is 12.1. The molecule has 2 rings (SSSR count). The second-order valence-corrected chi connectivity index (χ2v) is 7.87. The van der Waals surface area contributed by atoms with E-state index >= 15 is 0 Å². The number of thioether (sulfide) groups is 1. The van der Waals surface area contributed by atoms with E-state index in [2.05, 4.69) is 61.6 Å². The van der Waals surface area contributed by atoms with Crippen LogP contribution >= 0.6 is 11.8 Å². The van der Waals surface area contributed by atoms with Gasteiger partial charge in [0.05, 0.1) is 0 Å². The number of hydrogen-bond donors (Lipinski definition) is 0. The SMILES string of the molecule is Cc1cccc(SCC(C)(C)CC#Cc2ccc(OC(F)(F)F)cc2)c1. The minimum absolute atomic E-state index is 0.0285.